The Morgan fingerprint density at radius 2 is 1.85 bits per heavy atom. The van der Waals surface area contributed by atoms with E-state index in [2.05, 4.69) is 10.6 Å². The summed E-state index contributed by atoms with van der Waals surface area (Å²) in [7, 11) is 1.62. The molecule has 0 atom stereocenters. The highest BCUT2D eigenvalue weighted by atomic mass is 16.6. The summed E-state index contributed by atoms with van der Waals surface area (Å²) in [5.41, 5.74) is 1.35. The molecule has 0 aliphatic carbocycles. The van der Waals surface area contributed by atoms with Gasteiger partial charge in [-0.3, -0.25) is 14.9 Å². The summed E-state index contributed by atoms with van der Waals surface area (Å²) in [6.07, 6.45) is 0.213. The number of carbonyl (C=O) groups excluding carboxylic acids is 1. The normalized spacial score (nSPS) is 10.3. The van der Waals surface area contributed by atoms with Crippen LogP contribution >= 0.6 is 0 Å². The Morgan fingerprint density at radius 1 is 1.11 bits per heavy atom. The maximum atomic E-state index is 11.9. The lowest BCUT2D eigenvalue weighted by Gasteiger charge is -2.09. The molecule has 0 spiro atoms. The predicted octanol–water partition coefficient (Wildman–Crippen LogP) is 2.74. The average molecular weight is 373 g/mol. The number of para-hydroxylation sites is 2. The van der Waals surface area contributed by atoms with Crippen molar-refractivity contribution in [1.82, 2.24) is 5.32 Å². The van der Waals surface area contributed by atoms with Gasteiger partial charge in [-0.1, -0.05) is 24.3 Å². The van der Waals surface area contributed by atoms with E-state index in [-0.39, 0.29) is 18.0 Å². The number of anilines is 1. The molecule has 0 aliphatic rings. The van der Waals surface area contributed by atoms with Gasteiger partial charge in [-0.25, -0.2) is 0 Å². The Bertz CT molecular complexity index is 749. The van der Waals surface area contributed by atoms with Gasteiger partial charge in [-0.2, -0.15) is 0 Å². The van der Waals surface area contributed by atoms with E-state index in [9.17, 15) is 14.9 Å². The highest BCUT2D eigenvalue weighted by Crippen LogP contribution is 2.22. The zero-order valence-corrected chi connectivity index (χ0v) is 15.1. The Hall–Kier alpha value is -3.13. The van der Waals surface area contributed by atoms with Gasteiger partial charge in [-0.15, -0.1) is 0 Å². The van der Waals surface area contributed by atoms with E-state index in [1.54, 1.807) is 25.3 Å². The molecule has 0 bridgehead atoms. The van der Waals surface area contributed by atoms with Gasteiger partial charge in [0.2, 0.25) is 5.91 Å². The smallest absolute Gasteiger partial charge is 0.292 e. The molecule has 1 amide bonds. The summed E-state index contributed by atoms with van der Waals surface area (Å²) in [6.45, 7) is 1.72. The number of nitro benzene ring substituents is 1. The second-order valence-electron chi connectivity index (χ2n) is 5.71. The lowest BCUT2D eigenvalue weighted by molar-refractivity contribution is -0.384. The van der Waals surface area contributed by atoms with Crippen LogP contribution in [-0.2, 0) is 16.1 Å². The molecule has 0 saturated heterocycles. The van der Waals surface area contributed by atoms with Crippen LogP contribution in [0.3, 0.4) is 0 Å². The zero-order valence-electron chi connectivity index (χ0n) is 15.1. The largest absolute Gasteiger partial charge is 0.491 e. The summed E-state index contributed by atoms with van der Waals surface area (Å²) in [6, 6.07) is 13.8. The van der Waals surface area contributed by atoms with Crippen molar-refractivity contribution in [3.8, 4) is 5.75 Å². The molecule has 2 N–H and O–H groups in total. The molecule has 8 nitrogen and oxygen atoms in total. The van der Waals surface area contributed by atoms with Crippen molar-refractivity contribution in [3.05, 3.63) is 64.2 Å². The first kappa shape index (κ1) is 20.2. The first-order valence-corrected chi connectivity index (χ1v) is 8.55. The van der Waals surface area contributed by atoms with Crippen LogP contribution in [0.25, 0.3) is 0 Å². The van der Waals surface area contributed by atoms with Gasteiger partial charge in [-0.05, 0) is 23.8 Å². The summed E-state index contributed by atoms with van der Waals surface area (Å²) < 4.78 is 10.4. The molecule has 27 heavy (non-hydrogen) atoms. The summed E-state index contributed by atoms with van der Waals surface area (Å²) in [5, 5.41) is 16.7. The van der Waals surface area contributed by atoms with Crippen LogP contribution in [0.15, 0.2) is 48.5 Å². The van der Waals surface area contributed by atoms with Gasteiger partial charge in [0.05, 0.1) is 11.5 Å². The van der Waals surface area contributed by atoms with E-state index < -0.39 is 4.92 Å². The number of methoxy groups -OCH3 is 1. The van der Waals surface area contributed by atoms with E-state index in [0.29, 0.717) is 32.0 Å². The number of carbonyl (C=O) groups is 1. The molecule has 0 saturated carbocycles. The van der Waals surface area contributed by atoms with E-state index in [1.807, 2.05) is 24.3 Å². The second kappa shape index (κ2) is 10.8. The molecule has 144 valence electrons. The SMILES string of the molecule is COCCOc1ccc(CNC(=O)CCNc2ccccc2[N+](=O)[O-])cc1. The van der Waals surface area contributed by atoms with Gasteiger partial charge in [0.15, 0.2) is 0 Å². The molecule has 0 radical (unpaired) electrons. The van der Waals surface area contributed by atoms with E-state index in [4.69, 9.17) is 9.47 Å². The number of rotatable bonds is 11. The highest BCUT2D eigenvalue weighted by molar-refractivity contribution is 5.76. The number of benzene rings is 2. The standard InChI is InChI=1S/C19H23N3O5/c1-26-12-13-27-16-8-6-15(7-9-16)14-21-19(23)10-11-20-17-4-2-3-5-18(17)22(24)25/h2-9,20H,10-14H2,1H3,(H,21,23). The fourth-order valence-electron chi connectivity index (χ4n) is 2.33. The van der Waals surface area contributed by atoms with Crippen molar-refractivity contribution < 1.29 is 19.2 Å². The van der Waals surface area contributed by atoms with Crippen LogP contribution in [0.4, 0.5) is 11.4 Å². The first-order chi connectivity index (χ1) is 13.1. The number of hydrogen-bond acceptors (Lipinski definition) is 6. The fourth-order valence-corrected chi connectivity index (χ4v) is 2.33. The predicted molar refractivity (Wildman–Crippen MR) is 102 cm³/mol. The third kappa shape index (κ3) is 6.95. The molecule has 0 aromatic heterocycles. The van der Waals surface area contributed by atoms with Crippen molar-refractivity contribution in [2.75, 3.05) is 32.2 Å². The van der Waals surface area contributed by atoms with E-state index >= 15 is 0 Å². The monoisotopic (exact) mass is 373 g/mol. The first-order valence-electron chi connectivity index (χ1n) is 8.55. The number of nitrogens with zero attached hydrogens (tertiary/aromatic N) is 1. The lowest BCUT2D eigenvalue weighted by Crippen LogP contribution is -2.24. The molecular weight excluding hydrogens is 350 g/mol. The summed E-state index contributed by atoms with van der Waals surface area (Å²) in [4.78, 5) is 22.4. The number of ether oxygens (including phenoxy) is 2. The minimum absolute atomic E-state index is 0.00860. The van der Waals surface area contributed by atoms with Crippen molar-refractivity contribution in [2.45, 2.75) is 13.0 Å². The second-order valence-corrected chi connectivity index (χ2v) is 5.71. The Labute approximate surface area is 157 Å². The molecular formula is C19H23N3O5. The van der Waals surface area contributed by atoms with Crippen LogP contribution in [-0.4, -0.2) is 37.7 Å². The Morgan fingerprint density at radius 3 is 2.56 bits per heavy atom. The van der Waals surface area contributed by atoms with Crippen LogP contribution < -0.4 is 15.4 Å². The molecule has 0 heterocycles. The van der Waals surface area contributed by atoms with E-state index in [0.717, 1.165) is 11.3 Å². The molecule has 2 aromatic rings. The maximum absolute atomic E-state index is 11.9. The van der Waals surface area contributed by atoms with Crippen LogP contribution in [0.1, 0.15) is 12.0 Å². The average Bonchev–Trinajstić information content (AvgIpc) is 2.68. The van der Waals surface area contributed by atoms with Crippen LogP contribution in [0.5, 0.6) is 5.75 Å². The fraction of sp³-hybridized carbons (Fsp3) is 0.316. The number of nitro groups is 1. The third-order valence-corrected chi connectivity index (χ3v) is 3.74. The van der Waals surface area contributed by atoms with Gasteiger partial charge in [0.25, 0.3) is 5.69 Å². The minimum Gasteiger partial charge on any atom is -0.491 e. The quantitative estimate of drug-likeness (QED) is 0.357. The Balaban J connectivity index is 1.71. The summed E-state index contributed by atoms with van der Waals surface area (Å²) in [5.74, 6) is 0.609. The van der Waals surface area contributed by atoms with Gasteiger partial charge < -0.3 is 20.1 Å². The van der Waals surface area contributed by atoms with Gasteiger partial charge >= 0.3 is 0 Å². The van der Waals surface area contributed by atoms with Crippen molar-refractivity contribution in [2.24, 2.45) is 0 Å². The molecule has 0 aliphatic heterocycles. The van der Waals surface area contributed by atoms with Crippen LogP contribution in [0.2, 0.25) is 0 Å². The van der Waals surface area contributed by atoms with Crippen molar-refractivity contribution >= 4 is 17.3 Å². The van der Waals surface area contributed by atoms with Crippen molar-refractivity contribution in [3.63, 3.8) is 0 Å². The summed E-state index contributed by atoms with van der Waals surface area (Å²) >= 11 is 0. The molecule has 2 rings (SSSR count). The lowest BCUT2D eigenvalue weighted by atomic mass is 10.2. The van der Waals surface area contributed by atoms with Gasteiger partial charge in [0.1, 0.15) is 18.0 Å². The zero-order chi connectivity index (χ0) is 19.5. The number of nitrogens with one attached hydrogen (secondary N) is 2. The topological polar surface area (TPSA) is 103 Å². The van der Waals surface area contributed by atoms with Crippen LogP contribution in [0, 0.1) is 10.1 Å². The maximum Gasteiger partial charge on any atom is 0.292 e. The Kier molecular flexibility index (Phi) is 8.05. The molecule has 0 fully saturated rings. The van der Waals surface area contributed by atoms with E-state index in [1.165, 1.54) is 6.07 Å². The van der Waals surface area contributed by atoms with Crippen molar-refractivity contribution in [1.29, 1.82) is 0 Å². The number of hydrogen-bond donors (Lipinski definition) is 2. The third-order valence-electron chi connectivity index (χ3n) is 3.74. The molecule has 8 heteroatoms. The minimum atomic E-state index is -0.453. The van der Waals surface area contributed by atoms with Gasteiger partial charge in [0, 0.05) is 32.7 Å². The number of amides is 1. The molecule has 0 unspecified atom stereocenters. The highest BCUT2D eigenvalue weighted by Gasteiger charge is 2.12. The molecule has 2 aromatic carbocycles.